The number of halogens is 2. The minimum Gasteiger partial charge on any atom is -0.480 e. The summed E-state index contributed by atoms with van der Waals surface area (Å²) in [7, 11) is 0. The van der Waals surface area contributed by atoms with E-state index < -0.39 is 5.82 Å². The minimum absolute atomic E-state index is 0.147. The molecule has 7 heteroatoms. The number of benzene rings is 1. The molecule has 0 unspecified atom stereocenters. The van der Waals surface area contributed by atoms with Crippen molar-refractivity contribution in [2.45, 2.75) is 13.5 Å². The maximum atomic E-state index is 14.1. The van der Waals surface area contributed by atoms with Gasteiger partial charge < -0.3 is 4.74 Å². The van der Waals surface area contributed by atoms with Crippen molar-refractivity contribution in [3.63, 3.8) is 0 Å². The fourth-order valence-electron chi connectivity index (χ4n) is 1.93. The highest BCUT2D eigenvalue weighted by molar-refractivity contribution is 14.1. The molecule has 0 aliphatic carbocycles. The van der Waals surface area contributed by atoms with Crippen molar-refractivity contribution in [3.8, 4) is 17.5 Å². The predicted molar refractivity (Wildman–Crippen MR) is 67.8 cm³/mol. The van der Waals surface area contributed by atoms with Crippen LogP contribution < -0.4 is 4.74 Å². The van der Waals surface area contributed by atoms with Crippen LogP contribution in [0.2, 0.25) is 0 Å². The van der Waals surface area contributed by atoms with Crippen molar-refractivity contribution < 1.29 is 9.13 Å². The molecule has 0 fully saturated rings. The predicted octanol–water partition coefficient (Wildman–Crippen LogP) is 2.08. The quantitative estimate of drug-likeness (QED) is 0.678. The van der Waals surface area contributed by atoms with Gasteiger partial charge in [-0.3, -0.25) is 4.57 Å². The summed E-state index contributed by atoms with van der Waals surface area (Å²) in [5.41, 5.74) is 0.754. The second-order valence-electron chi connectivity index (χ2n) is 3.80. The van der Waals surface area contributed by atoms with Crippen molar-refractivity contribution in [2.24, 2.45) is 0 Å². The van der Waals surface area contributed by atoms with Crippen LogP contribution in [0.5, 0.6) is 5.75 Å². The minimum atomic E-state index is -0.511. The molecule has 1 aromatic carbocycles. The van der Waals surface area contributed by atoms with Crippen molar-refractivity contribution in [2.75, 3.05) is 0 Å². The third-order valence-electron chi connectivity index (χ3n) is 2.74. The first-order valence-electron chi connectivity index (χ1n) is 5.09. The molecule has 90 valence electrons. The van der Waals surface area contributed by atoms with Gasteiger partial charge in [-0.1, -0.05) is 0 Å². The number of aryl methyl sites for hydroxylation is 1. The number of aromatic nitrogens is 3. The summed E-state index contributed by atoms with van der Waals surface area (Å²) in [5, 5.41) is 16.9. The third kappa shape index (κ3) is 1.42. The van der Waals surface area contributed by atoms with Gasteiger partial charge in [0.1, 0.15) is 18.5 Å². The molecule has 0 N–H and O–H groups in total. The van der Waals surface area contributed by atoms with Crippen LogP contribution in [0.15, 0.2) is 6.07 Å². The van der Waals surface area contributed by atoms with Crippen molar-refractivity contribution in [3.05, 3.63) is 32.7 Å². The van der Waals surface area contributed by atoms with Gasteiger partial charge in [-0.05, 0) is 35.6 Å². The molecule has 0 saturated heterocycles. The molecule has 0 amide bonds. The summed E-state index contributed by atoms with van der Waals surface area (Å²) in [6, 6.07) is 3.57. The molecule has 1 aliphatic rings. The van der Waals surface area contributed by atoms with Crippen molar-refractivity contribution >= 4 is 22.6 Å². The topological polar surface area (TPSA) is 63.7 Å². The van der Waals surface area contributed by atoms with E-state index in [1.807, 2.05) is 6.07 Å². The molecule has 2 heterocycles. The number of hydrogen-bond acceptors (Lipinski definition) is 4. The molecule has 3 rings (SSSR count). The van der Waals surface area contributed by atoms with Gasteiger partial charge in [0.15, 0.2) is 17.4 Å². The van der Waals surface area contributed by atoms with E-state index in [9.17, 15) is 4.39 Å². The molecular formula is C11H6FIN4O. The summed E-state index contributed by atoms with van der Waals surface area (Å²) in [5.74, 6) is 0.876. The lowest BCUT2D eigenvalue weighted by Gasteiger charge is -2.21. The summed E-state index contributed by atoms with van der Waals surface area (Å²) in [6.07, 6.45) is 0. The SMILES string of the molecule is Cc1nnc2n1-c1cc(C#N)c(I)c(F)c1OC2. The third-order valence-corrected chi connectivity index (χ3v) is 3.80. The van der Waals surface area contributed by atoms with Crippen LogP contribution in [0.4, 0.5) is 4.39 Å². The van der Waals surface area contributed by atoms with E-state index in [2.05, 4.69) is 10.2 Å². The highest BCUT2D eigenvalue weighted by Crippen LogP contribution is 2.36. The molecule has 0 radical (unpaired) electrons. The number of ether oxygens (including phenoxy) is 1. The van der Waals surface area contributed by atoms with Crippen LogP contribution in [-0.2, 0) is 6.61 Å². The van der Waals surface area contributed by atoms with Crippen LogP contribution in [0.3, 0.4) is 0 Å². The maximum Gasteiger partial charge on any atom is 0.181 e. The van der Waals surface area contributed by atoms with Crippen LogP contribution in [0.1, 0.15) is 17.2 Å². The van der Waals surface area contributed by atoms with E-state index in [0.717, 1.165) is 0 Å². The zero-order chi connectivity index (χ0) is 12.9. The molecule has 1 aromatic heterocycles. The molecule has 18 heavy (non-hydrogen) atoms. The number of fused-ring (bicyclic) bond motifs is 3. The molecular weight excluding hydrogens is 350 g/mol. The summed E-state index contributed by atoms with van der Waals surface area (Å²) < 4.78 is 21.5. The Hall–Kier alpha value is -1.69. The highest BCUT2D eigenvalue weighted by Gasteiger charge is 2.26. The van der Waals surface area contributed by atoms with Crippen molar-refractivity contribution in [1.29, 1.82) is 5.26 Å². The van der Waals surface area contributed by atoms with E-state index >= 15 is 0 Å². The molecule has 0 spiro atoms. The Morgan fingerprint density at radius 1 is 1.56 bits per heavy atom. The van der Waals surface area contributed by atoms with Gasteiger partial charge >= 0.3 is 0 Å². The molecule has 0 atom stereocenters. The Morgan fingerprint density at radius 3 is 3.06 bits per heavy atom. The van der Waals surface area contributed by atoms with Gasteiger partial charge in [0.25, 0.3) is 0 Å². The van der Waals surface area contributed by atoms with E-state index in [1.165, 1.54) is 0 Å². The second kappa shape index (κ2) is 3.91. The summed E-state index contributed by atoms with van der Waals surface area (Å²) >= 11 is 1.80. The van der Waals surface area contributed by atoms with E-state index in [1.54, 1.807) is 40.1 Å². The maximum absolute atomic E-state index is 14.1. The lowest BCUT2D eigenvalue weighted by Crippen LogP contribution is -2.16. The molecule has 2 aromatic rings. The first-order valence-corrected chi connectivity index (χ1v) is 6.17. The summed E-state index contributed by atoms with van der Waals surface area (Å²) in [4.78, 5) is 0. The van der Waals surface area contributed by atoms with Crippen LogP contribution in [0, 0.1) is 27.6 Å². The Bertz CT molecular complexity index is 704. The fourth-order valence-corrected chi connectivity index (χ4v) is 2.45. The smallest absolute Gasteiger partial charge is 0.181 e. The van der Waals surface area contributed by atoms with Crippen LogP contribution >= 0.6 is 22.6 Å². The molecule has 0 saturated carbocycles. The zero-order valence-corrected chi connectivity index (χ0v) is 11.4. The van der Waals surface area contributed by atoms with Crippen molar-refractivity contribution in [1.82, 2.24) is 14.8 Å². The number of nitrogens with zero attached hydrogens (tertiary/aromatic N) is 4. The van der Waals surface area contributed by atoms with E-state index in [-0.39, 0.29) is 21.5 Å². The number of hydrogen-bond donors (Lipinski definition) is 0. The van der Waals surface area contributed by atoms with Gasteiger partial charge in [0.05, 0.1) is 14.8 Å². The normalized spacial score (nSPS) is 12.3. The second-order valence-corrected chi connectivity index (χ2v) is 4.88. The first-order chi connectivity index (χ1) is 8.63. The standard InChI is InChI=1S/C11H6FIN4O/c1-5-15-16-8-4-18-11-7(17(5)8)2-6(3-14)10(13)9(11)12/h2H,4H2,1H3. The molecule has 1 aliphatic heterocycles. The van der Waals surface area contributed by atoms with Gasteiger partial charge in [0.2, 0.25) is 0 Å². The fraction of sp³-hybridized carbons (Fsp3) is 0.182. The zero-order valence-electron chi connectivity index (χ0n) is 9.24. The average molecular weight is 356 g/mol. The van der Waals surface area contributed by atoms with E-state index in [4.69, 9.17) is 10.00 Å². The monoisotopic (exact) mass is 356 g/mol. The Morgan fingerprint density at radius 2 is 2.33 bits per heavy atom. The first kappa shape index (κ1) is 11.4. The van der Waals surface area contributed by atoms with E-state index in [0.29, 0.717) is 17.3 Å². The molecule has 5 nitrogen and oxygen atoms in total. The Labute approximate surface area is 115 Å². The molecule has 0 bridgehead atoms. The number of nitriles is 1. The lowest BCUT2D eigenvalue weighted by molar-refractivity contribution is 0.264. The van der Waals surface area contributed by atoms with Crippen LogP contribution in [0.25, 0.3) is 5.69 Å². The van der Waals surface area contributed by atoms with Gasteiger partial charge in [-0.2, -0.15) is 5.26 Å². The van der Waals surface area contributed by atoms with Gasteiger partial charge in [-0.25, -0.2) is 4.39 Å². The highest BCUT2D eigenvalue weighted by atomic mass is 127. The lowest BCUT2D eigenvalue weighted by atomic mass is 10.1. The van der Waals surface area contributed by atoms with Crippen LogP contribution in [-0.4, -0.2) is 14.8 Å². The number of rotatable bonds is 0. The summed E-state index contributed by atoms with van der Waals surface area (Å²) in [6.45, 7) is 1.94. The van der Waals surface area contributed by atoms with Gasteiger partial charge in [0, 0.05) is 0 Å². The van der Waals surface area contributed by atoms with Gasteiger partial charge in [-0.15, -0.1) is 10.2 Å². The Kier molecular flexibility index (Phi) is 2.48. The Balaban J connectivity index is 2.38. The largest absolute Gasteiger partial charge is 0.480 e. The average Bonchev–Trinajstić information content (AvgIpc) is 2.75.